The van der Waals surface area contributed by atoms with Crippen LogP contribution in [0.15, 0.2) is 24.3 Å². The number of hydrogen-bond donors (Lipinski definition) is 1. The molecule has 5 nitrogen and oxygen atoms in total. The standard InChI is InChI=1S/C17H26N2O3S/c1-3-12-23(21,22)19-10-8-16(9-11-19)17(20)18-13-15-6-4-14(2)5-7-15/h4-7,16H,3,8-13H2,1-2H3,(H,18,20). The van der Waals surface area contributed by atoms with Crippen LogP contribution in [0.2, 0.25) is 0 Å². The first-order chi connectivity index (χ1) is 10.9. The first kappa shape index (κ1) is 17.9. The van der Waals surface area contributed by atoms with Crippen LogP contribution in [0.3, 0.4) is 0 Å². The van der Waals surface area contributed by atoms with E-state index in [-0.39, 0.29) is 17.6 Å². The van der Waals surface area contributed by atoms with Gasteiger partial charge in [-0.25, -0.2) is 12.7 Å². The zero-order valence-corrected chi connectivity index (χ0v) is 14.7. The van der Waals surface area contributed by atoms with Gasteiger partial charge in [0.05, 0.1) is 5.75 Å². The van der Waals surface area contributed by atoms with Crippen molar-refractivity contribution in [3.63, 3.8) is 0 Å². The molecule has 128 valence electrons. The summed E-state index contributed by atoms with van der Waals surface area (Å²) in [5, 5.41) is 2.96. The normalized spacial score (nSPS) is 17.1. The van der Waals surface area contributed by atoms with Gasteiger partial charge in [0.1, 0.15) is 0 Å². The summed E-state index contributed by atoms with van der Waals surface area (Å²) in [6, 6.07) is 8.07. The van der Waals surface area contributed by atoms with Gasteiger partial charge in [0.25, 0.3) is 0 Å². The van der Waals surface area contributed by atoms with Crippen molar-refractivity contribution in [2.24, 2.45) is 5.92 Å². The summed E-state index contributed by atoms with van der Waals surface area (Å²) in [6.07, 6.45) is 1.82. The molecule has 0 spiro atoms. The summed E-state index contributed by atoms with van der Waals surface area (Å²) in [7, 11) is -3.14. The lowest BCUT2D eigenvalue weighted by Gasteiger charge is -2.30. The van der Waals surface area contributed by atoms with E-state index < -0.39 is 10.0 Å². The number of nitrogens with one attached hydrogen (secondary N) is 1. The molecular formula is C17H26N2O3S. The van der Waals surface area contributed by atoms with E-state index in [9.17, 15) is 13.2 Å². The lowest BCUT2D eigenvalue weighted by Crippen LogP contribution is -2.43. The second-order valence-electron chi connectivity index (χ2n) is 6.19. The quantitative estimate of drug-likeness (QED) is 0.863. The Labute approximate surface area is 139 Å². The minimum Gasteiger partial charge on any atom is -0.352 e. The Balaban J connectivity index is 1.80. The molecule has 2 rings (SSSR count). The van der Waals surface area contributed by atoms with Crippen LogP contribution in [0.5, 0.6) is 0 Å². The second kappa shape index (κ2) is 7.93. The minimum atomic E-state index is -3.14. The first-order valence-corrected chi connectivity index (χ1v) is 9.84. The lowest BCUT2D eigenvalue weighted by molar-refractivity contribution is -0.126. The Bertz CT molecular complexity index is 618. The van der Waals surface area contributed by atoms with Crippen LogP contribution in [0.25, 0.3) is 0 Å². The Morgan fingerprint density at radius 3 is 2.39 bits per heavy atom. The number of piperidine rings is 1. The van der Waals surface area contributed by atoms with Crippen molar-refractivity contribution in [2.45, 2.75) is 39.7 Å². The van der Waals surface area contributed by atoms with Gasteiger partial charge in [-0.2, -0.15) is 0 Å². The van der Waals surface area contributed by atoms with E-state index in [2.05, 4.69) is 5.32 Å². The minimum absolute atomic E-state index is 0.0260. The average molecular weight is 338 g/mol. The van der Waals surface area contributed by atoms with Crippen LogP contribution < -0.4 is 5.32 Å². The molecule has 1 saturated heterocycles. The van der Waals surface area contributed by atoms with Gasteiger partial charge in [-0.05, 0) is 31.7 Å². The summed E-state index contributed by atoms with van der Waals surface area (Å²) >= 11 is 0. The maximum Gasteiger partial charge on any atom is 0.223 e. The molecule has 1 fully saturated rings. The van der Waals surface area contributed by atoms with Crippen LogP contribution in [0.1, 0.15) is 37.3 Å². The number of rotatable bonds is 6. The molecule has 1 aliphatic rings. The van der Waals surface area contributed by atoms with E-state index in [0.717, 1.165) is 5.56 Å². The number of aryl methyl sites for hydroxylation is 1. The van der Waals surface area contributed by atoms with Gasteiger partial charge in [0.15, 0.2) is 0 Å². The number of benzene rings is 1. The molecule has 0 saturated carbocycles. The number of nitrogens with zero attached hydrogens (tertiary/aromatic N) is 1. The highest BCUT2D eigenvalue weighted by Gasteiger charge is 2.30. The highest BCUT2D eigenvalue weighted by molar-refractivity contribution is 7.89. The fourth-order valence-corrected chi connectivity index (χ4v) is 4.36. The molecule has 1 aromatic rings. The predicted octanol–water partition coefficient (Wildman–Crippen LogP) is 2.06. The number of hydrogen-bond acceptors (Lipinski definition) is 3. The highest BCUT2D eigenvalue weighted by atomic mass is 32.2. The SMILES string of the molecule is CCCS(=O)(=O)N1CCC(C(=O)NCc2ccc(C)cc2)CC1. The topological polar surface area (TPSA) is 66.5 Å². The van der Waals surface area contributed by atoms with E-state index in [1.54, 1.807) is 0 Å². The molecule has 1 heterocycles. The number of amides is 1. The Morgan fingerprint density at radius 1 is 1.22 bits per heavy atom. The van der Waals surface area contributed by atoms with E-state index in [0.29, 0.717) is 38.9 Å². The Kier molecular flexibility index (Phi) is 6.18. The molecule has 0 aromatic heterocycles. The van der Waals surface area contributed by atoms with Crippen molar-refractivity contribution < 1.29 is 13.2 Å². The smallest absolute Gasteiger partial charge is 0.223 e. The Morgan fingerprint density at radius 2 is 1.83 bits per heavy atom. The second-order valence-corrected chi connectivity index (χ2v) is 8.28. The molecule has 0 aliphatic carbocycles. The van der Waals surface area contributed by atoms with Crippen LogP contribution >= 0.6 is 0 Å². The molecule has 1 amide bonds. The summed E-state index contributed by atoms with van der Waals surface area (Å²) in [5.74, 6) is 0.128. The van der Waals surface area contributed by atoms with E-state index >= 15 is 0 Å². The molecular weight excluding hydrogens is 312 g/mol. The van der Waals surface area contributed by atoms with Crippen molar-refractivity contribution in [1.82, 2.24) is 9.62 Å². The van der Waals surface area contributed by atoms with E-state index in [4.69, 9.17) is 0 Å². The lowest BCUT2D eigenvalue weighted by atomic mass is 9.97. The molecule has 0 atom stereocenters. The van der Waals surface area contributed by atoms with Crippen LogP contribution in [-0.2, 0) is 21.4 Å². The molecule has 6 heteroatoms. The van der Waals surface area contributed by atoms with Crippen molar-refractivity contribution in [1.29, 1.82) is 0 Å². The fourth-order valence-electron chi connectivity index (χ4n) is 2.82. The van der Waals surface area contributed by atoms with Gasteiger partial charge < -0.3 is 5.32 Å². The molecule has 0 bridgehead atoms. The van der Waals surface area contributed by atoms with Gasteiger partial charge in [-0.15, -0.1) is 0 Å². The molecule has 0 unspecified atom stereocenters. The highest BCUT2D eigenvalue weighted by Crippen LogP contribution is 2.20. The van der Waals surface area contributed by atoms with Crippen molar-refractivity contribution >= 4 is 15.9 Å². The van der Waals surface area contributed by atoms with Crippen LogP contribution in [0, 0.1) is 12.8 Å². The van der Waals surface area contributed by atoms with Crippen LogP contribution in [-0.4, -0.2) is 37.5 Å². The number of sulfonamides is 1. The first-order valence-electron chi connectivity index (χ1n) is 8.23. The maximum absolute atomic E-state index is 12.2. The largest absolute Gasteiger partial charge is 0.352 e. The van der Waals surface area contributed by atoms with Crippen molar-refractivity contribution in [2.75, 3.05) is 18.8 Å². The molecule has 23 heavy (non-hydrogen) atoms. The van der Waals surface area contributed by atoms with Gasteiger partial charge in [0.2, 0.25) is 15.9 Å². The van der Waals surface area contributed by atoms with Crippen molar-refractivity contribution in [3.8, 4) is 0 Å². The third-order valence-electron chi connectivity index (χ3n) is 4.27. The van der Waals surface area contributed by atoms with Gasteiger partial charge in [0, 0.05) is 25.6 Å². The molecule has 1 aliphatic heterocycles. The monoisotopic (exact) mass is 338 g/mol. The van der Waals surface area contributed by atoms with E-state index in [1.165, 1.54) is 9.87 Å². The number of carbonyl (C=O) groups is 1. The summed E-state index contributed by atoms with van der Waals surface area (Å²) in [4.78, 5) is 12.2. The average Bonchev–Trinajstić information content (AvgIpc) is 2.54. The predicted molar refractivity (Wildman–Crippen MR) is 91.4 cm³/mol. The number of carbonyl (C=O) groups excluding carboxylic acids is 1. The fraction of sp³-hybridized carbons (Fsp3) is 0.588. The zero-order chi connectivity index (χ0) is 16.9. The van der Waals surface area contributed by atoms with Gasteiger partial charge in [-0.3, -0.25) is 4.79 Å². The maximum atomic E-state index is 12.2. The third kappa shape index (κ3) is 5.04. The molecule has 1 aromatic carbocycles. The summed E-state index contributed by atoms with van der Waals surface area (Å²) in [5.41, 5.74) is 2.27. The molecule has 0 radical (unpaired) electrons. The summed E-state index contributed by atoms with van der Waals surface area (Å²) < 4.78 is 25.6. The van der Waals surface area contributed by atoms with Gasteiger partial charge in [-0.1, -0.05) is 36.8 Å². The molecule has 1 N–H and O–H groups in total. The third-order valence-corrected chi connectivity index (χ3v) is 6.34. The Hall–Kier alpha value is -1.40. The van der Waals surface area contributed by atoms with Crippen molar-refractivity contribution in [3.05, 3.63) is 35.4 Å². The van der Waals surface area contributed by atoms with Gasteiger partial charge >= 0.3 is 0 Å². The summed E-state index contributed by atoms with van der Waals surface area (Å²) in [6.45, 7) is 5.31. The van der Waals surface area contributed by atoms with Crippen LogP contribution in [0.4, 0.5) is 0 Å². The van der Waals surface area contributed by atoms with E-state index in [1.807, 2.05) is 38.1 Å². The zero-order valence-electron chi connectivity index (χ0n) is 13.9.